The van der Waals surface area contributed by atoms with Crippen molar-refractivity contribution >= 4 is 32.9 Å². The molecule has 0 spiro atoms. The van der Waals surface area contributed by atoms with Crippen LogP contribution in [0, 0.1) is 5.82 Å². The van der Waals surface area contributed by atoms with E-state index in [0.717, 1.165) is 42.4 Å². The molecule has 184 valence electrons. The first-order valence-electron chi connectivity index (χ1n) is 12.0. The van der Waals surface area contributed by atoms with E-state index in [9.17, 15) is 14.0 Å². The average molecular weight is 489 g/mol. The van der Waals surface area contributed by atoms with Crippen LogP contribution in [0.15, 0.2) is 62.7 Å². The van der Waals surface area contributed by atoms with Crippen molar-refractivity contribution in [1.82, 2.24) is 19.9 Å². The molecule has 2 N–H and O–H groups in total. The highest BCUT2D eigenvalue weighted by Crippen LogP contribution is 2.31. The second-order valence-corrected chi connectivity index (χ2v) is 9.32. The van der Waals surface area contributed by atoms with Gasteiger partial charge in [-0.1, -0.05) is 0 Å². The number of benzene rings is 2. The van der Waals surface area contributed by atoms with E-state index in [2.05, 4.69) is 15.3 Å². The van der Waals surface area contributed by atoms with Crippen molar-refractivity contribution in [2.75, 3.05) is 7.11 Å². The van der Waals surface area contributed by atoms with Crippen LogP contribution < -0.4 is 21.2 Å². The molecule has 0 saturated heterocycles. The van der Waals surface area contributed by atoms with E-state index >= 15 is 0 Å². The molecule has 3 heterocycles. The number of nitrogens with one attached hydrogen (secondary N) is 2. The number of hydrogen-bond donors (Lipinski definition) is 2. The topological polar surface area (TPSA) is 102 Å². The summed E-state index contributed by atoms with van der Waals surface area (Å²) in [7, 11) is 1.61. The quantitative estimate of drug-likeness (QED) is 0.356. The van der Waals surface area contributed by atoms with Gasteiger partial charge in [-0.25, -0.2) is 14.2 Å². The van der Waals surface area contributed by atoms with Gasteiger partial charge >= 0.3 is 5.63 Å². The summed E-state index contributed by atoms with van der Waals surface area (Å²) < 4.78 is 26.3. The van der Waals surface area contributed by atoms with Crippen LogP contribution in [0.1, 0.15) is 37.4 Å². The fraction of sp³-hybridized carbons (Fsp3) is 0.296. The van der Waals surface area contributed by atoms with Crippen LogP contribution in [-0.2, 0) is 6.54 Å². The minimum absolute atomic E-state index is 0.0899. The van der Waals surface area contributed by atoms with Crippen LogP contribution >= 0.6 is 0 Å². The normalized spacial score (nSPS) is 18.3. The molecule has 36 heavy (non-hydrogen) atoms. The number of fused-ring (bicyclic) bond motifs is 4. The molecular weight excluding hydrogens is 463 g/mol. The van der Waals surface area contributed by atoms with Crippen molar-refractivity contribution in [3.8, 4) is 5.75 Å². The van der Waals surface area contributed by atoms with Crippen molar-refractivity contribution in [2.24, 2.45) is 0 Å². The summed E-state index contributed by atoms with van der Waals surface area (Å²) in [6.07, 6.45) is 4.91. The molecule has 1 aliphatic rings. The number of halogens is 1. The van der Waals surface area contributed by atoms with Crippen LogP contribution in [0.3, 0.4) is 0 Å². The molecule has 1 saturated carbocycles. The predicted octanol–water partition coefficient (Wildman–Crippen LogP) is 4.41. The van der Waals surface area contributed by atoms with Crippen molar-refractivity contribution in [3.05, 3.63) is 80.9 Å². The van der Waals surface area contributed by atoms with Gasteiger partial charge in [-0.2, -0.15) is 0 Å². The highest BCUT2D eigenvalue weighted by molar-refractivity contribution is 6.02. The fourth-order valence-corrected chi connectivity index (χ4v) is 5.33. The zero-order chi connectivity index (χ0) is 24.8. The van der Waals surface area contributed by atoms with Crippen LogP contribution in [0.5, 0.6) is 5.75 Å². The molecular formula is C27H25FN4O4. The molecule has 8 nitrogen and oxygen atoms in total. The molecule has 1 fully saturated rings. The number of nitrogens with zero attached hydrogens (tertiary/aromatic N) is 2. The predicted molar refractivity (Wildman–Crippen MR) is 135 cm³/mol. The molecule has 0 radical (unpaired) electrons. The maximum absolute atomic E-state index is 13.8. The summed E-state index contributed by atoms with van der Waals surface area (Å²) in [6, 6.07) is 11.8. The number of rotatable bonds is 5. The number of ether oxygens (including phenoxy) is 1. The molecule has 0 atom stereocenters. The van der Waals surface area contributed by atoms with Gasteiger partial charge in [-0.05, 0) is 62.1 Å². The highest BCUT2D eigenvalue weighted by atomic mass is 19.1. The average Bonchev–Trinajstić information content (AvgIpc) is 3.33. The van der Waals surface area contributed by atoms with E-state index < -0.39 is 5.63 Å². The summed E-state index contributed by atoms with van der Waals surface area (Å²) in [5, 5.41) is 4.52. The second kappa shape index (κ2) is 8.91. The van der Waals surface area contributed by atoms with Crippen molar-refractivity contribution in [1.29, 1.82) is 0 Å². The zero-order valence-electron chi connectivity index (χ0n) is 19.7. The van der Waals surface area contributed by atoms with Crippen LogP contribution in [0.4, 0.5) is 4.39 Å². The summed E-state index contributed by atoms with van der Waals surface area (Å²) in [4.78, 5) is 32.7. The van der Waals surface area contributed by atoms with E-state index in [1.807, 2.05) is 22.8 Å². The van der Waals surface area contributed by atoms with Crippen LogP contribution in [-0.4, -0.2) is 27.7 Å². The fourth-order valence-electron chi connectivity index (χ4n) is 5.33. The number of H-pyrrole nitrogens is 1. The number of aromatic amines is 1. The standard InChI is InChI=1S/C27H25FN4O4/c1-35-19-7-8-22-23(12-19)32(25(33)14-30-22)18-5-3-16(4-6-18)29-13-17-11-21-26(31-17)20-10-15(28)2-9-24(20)36-27(21)34/h2,7-12,14,16,18,29,31H,3-6,13H2,1H3. The number of hydrogen-bond acceptors (Lipinski definition) is 6. The molecule has 5 aromatic rings. The van der Waals surface area contributed by atoms with Gasteiger partial charge in [0.05, 0.1) is 35.2 Å². The Morgan fingerprint density at radius 3 is 2.75 bits per heavy atom. The molecule has 3 aromatic heterocycles. The Hall–Kier alpha value is -3.98. The largest absolute Gasteiger partial charge is 0.497 e. The van der Waals surface area contributed by atoms with Crippen LogP contribution in [0.2, 0.25) is 0 Å². The van der Waals surface area contributed by atoms with E-state index in [0.29, 0.717) is 34.2 Å². The SMILES string of the molecule is COc1ccc2ncc(=O)n(C3CCC(NCc4cc5c(=O)oc6ccc(F)cc6c5[nH]4)CC3)c2c1. The summed E-state index contributed by atoms with van der Waals surface area (Å²) in [6.45, 7) is 0.537. The Balaban J connectivity index is 1.18. The van der Waals surface area contributed by atoms with Crippen LogP contribution in [0.25, 0.3) is 32.9 Å². The van der Waals surface area contributed by atoms with Gasteiger partial charge in [0, 0.05) is 35.8 Å². The lowest BCUT2D eigenvalue weighted by molar-refractivity contribution is 0.290. The minimum Gasteiger partial charge on any atom is -0.497 e. The number of aromatic nitrogens is 3. The number of methoxy groups -OCH3 is 1. The Kier molecular flexibility index (Phi) is 5.56. The van der Waals surface area contributed by atoms with Gasteiger partial charge < -0.3 is 24.0 Å². The van der Waals surface area contributed by atoms with Gasteiger partial charge in [-0.15, -0.1) is 0 Å². The van der Waals surface area contributed by atoms with Gasteiger partial charge in [0.25, 0.3) is 5.56 Å². The first kappa shape index (κ1) is 22.5. The Labute approximate surface area is 204 Å². The smallest absolute Gasteiger partial charge is 0.345 e. The summed E-state index contributed by atoms with van der Waals surface area (Å²) >= 11 is 0. The lowest BCUT2D eigenvalue weighted by Crippen LogP contribution is -2.35. The Bertz CT molecular complexity index is 1710. The van der Waals surface area contributed by atoms with Crippen molar-refractivity contribution < 1.29 is 13.5 Å². The molecule has 0 unspecified atom stereocenters. The van der Waals surface area contributed by atoms with Gasteiger partial charge in [0.15, 0.2) is 0 Å². The molecule has 9 heteroatoms. The maximum Gasteiger partial charge on any atom is 0.345 e. The molecule has 2 aromatic carbocycles. The Morgan fingerprint density at radius 2 is 1.94 bits per heavy atom. The molecule has 1 aliphatic carbocycles. The first-order valence-corrected chi connectivity index (χ1v) is 12.0. The van der Waals surface area contributed by atoms with Crippen molar-refractivity contribution in [2.45, 2.75) is 44.3 Å². The molecule has 0 bridgehead atoms. The van der Waals surface area contributed by atoms with E-state index in [1.165, 1.54) is 24.4 Å². The minimum atomic E-state index is -0.446. The zero-order valence-corrected chi connectivity index (χ0v) is 19.7. The highest BCUT2D eigenvalue weighted by Gasteiger charge is 2.24. The first-order chi connectivity index (χ1) is 17.5. The third kappa shape index (κ3) is 3.95. The Morgan fingerprint density at radius 1 is 1.11 bits per heavy atom. The molecule has 0 aliphatic heterocycles. The summed E-state index contributed by atoms with van der Waals surface area (Å²) in [5.74, 6) is 0.310. The van der Waals surface area contributed by atoms with Gasteiger partial charge in [0.2, 0.25) is 0 Å². The summed E-state index contributed by atoms with van der Waals surface area (Å²) in [5.41, 5.74) is 2.78. The van der Waals surface area contributed by atoms with Gasteiger partial charge in [-0.3, -0.25) is 4.79 Å². The van der Waals surface area contributed by atoms with Gasteiger partial charge in [0.1, 0.15) is 17.1 Å². The monoisotopic (exact) mass is 488 g/mol. The van der Waals surface area contributed by atoms with E-state index in [4.69, 9.17) is 9.15 Å². The van der Waals surface area contributed by atoms with E-state index in [1.54, 1.807) is 13.2 Å². The third-order valence-electron chi connectivity index (χ3n) is 7.14. The lowest BCUT2D eigenvalue weighted by Gasteiger charge is -2.31. The maximum atomic E-state index is 13.8. The second-order valence-electron chi connectivity index (χ2n) is 9.32. The third-order valence-corrected chi connectivity index (χ3v) is 7.14. The van der Waals surface area contributed by atoms with Crippen molar-refractivity contribution in [3.63, 3.8) is 0 Å². The molecule has 0 amide bonds. The molecule has 6 rings (SSSR count). The lowest BCUT2D eigenvalue weighted by atomic mass is 9.90. The van der Waals surface area contributed by atoms with E-state index in [-0.39, 0.29) is 23.5 Å².